The third-order valence-electron chi connectivity index (χ3n) is 4.73. The van der Waals surface area contributed by atoms with Crippen molar-refractivity contribution in [1.82, 2.24) is 4.90 Å². The zero-order chi connectivity index (χ0) is 17.4. The molecule has 1 aliphatic rings. The normalized spacial score (nSPS) is 26.4. The molecule has 0 spiro atoms. The summed E-state index contributed by atoms with van der Waals surface area (Å²) in [5.74, 6) is -0.334. The van der Waals surface area contributed by atoms with Crippen LogP contribution in [0.4, 0.5) is 13.2 Å². The lowest BCUT2D eigenvalue weighted by Crippen LogP contribution is -2.32. The second-order valence-corrected chi connectivity index (χ2v) is 6.10. The van der Waals surface area contributed by atoms with Gasteiger partial charge in [-0.2, -0.15) is 13.2 Å². The summed E-state index contributed by atoms with van der Waals surface area (Å²) in [7, 11) is 2.05. The molecule has 2 nitrogen and oxygen atoms in total. The fraction of sp³-hybridized carbons (Fsp3) is 0.444. The summed E-state index contributed by atoms with van der Waals surface area (Å²) in [6, 6.07) is 3.42. The van der Waals surface area contributed by atoms with E-state index < -0.39 is 11.7 Å². The number of phenols is 1. The minimum Gasteiger partial charge on any atom is -0.507 e. The van der Waals surface area contributed by atoms with E-state index in [-0.39, 0.29) is 11.8 Å². The topological polar surface area (TPSA) is 23.5 Å². The Labute approximate surface area is 134 Å². The van der Waals surface area contributed by atoms with E-state index in [2.05, 4.69) is 18.9 Å². The number of rotatable bonds is 1. The van der Waals surface area contributed by atoms with Gasteiger partial charge in [-0.25, -0.2) is 0 Å². The molecule has 1 aromatic carbocycles. The van der Waals surface area contributed by atoms with Crippen LogP contribution in [0.3, 0.4) is 0 Å². The zero-order valence-corrected chi connectivity index (χ0v) is 13.8. The average Bonchev–Trinajstić information content (AvgIpc) is 2.48. The highest BCUT2D eigenvalue weighted by atomic mass is 19.4. The molecule has 1 unspecified atom stereocenters. The molecule has 0 radical (unpaired) electrons. The smallest absolute Gasteiger partial charge is 0.416 e. The van der Waals surface area contributed by atoms with Gasteiger partial charge in [0.05, 0.1) is 5.56 Å². The molecule has 1 N–H and O–H groups in total. The maximum Gasteiger partial charge on any atom is 0.416 e. The van der Waals surface area contributed by atoms with Gasteiger partial charge in [0.2, 0.25) is 0 Å². The molecule has 1 atom stereocenters. The van der Waals surface area contributed by atoms with Gasteiger partial charge in [0.15, 0.2) is 0 Å². The van der Waals surface area contributed by atoms with Crippen LogP contribution in [-0.4, -0.2) is 29.6 Å². The van der Waals surface area contributed by atoms with E-state index in [0.717, 1.165) is 41.8 Å². The van der Waals surface area contributed by atoms with E-state index in [1.165, 1.54) is 6.07 Å². The van der Waals surface area contributed by atoms with Crippen LogP contribution in [0.15, 0.2) is 35.4 Å². The number of halogens is 3. The number of nitrogens with zero attached hydrogens (tertiary/aromatic N) is 1. The van der Waals surface area contributed by atoms with Gasteiger partial charge in [-0.1, -0.05) is 17.7 Å². The van der Waals surface area contributed by atoms with Gasteiger partial charge in [-0.15, -0.1) is 0 Å². The third kappa shape index (κ3) is 3.61. The molecular weight excluding hydrogens is 303 g/mol. The number of phenolic OH excluding ortho intramolecular Hbond substituents is 1. The number of aromatic hydroxyl groups is 1. The van der Waals surface area contributed by atoms with Gasteiger partial charge in [0.1, 0.15) is 5.75 Å². The zero-order valence-electron chi connectivity index (χ0n) is 13.8. The molecule has 126 valence electrons. The fourth-order valence-corrected chi connectivity index (χ4v) is 2.86. The van der Waals surface area contributed by atoms with Crippen molar-refractivity contribution in [3.63, 3.8) is 0 Å². The van der Waals surface area contributed by atoms with E-state index in [0.29, 0.717) is 5.56 Å². The Balaban J connectivity index is 2.50. The molecule has 1 heterocycles. The van der Waals surface area contributed by atoms with Crippen molar-refractivity contribution in [2.45, 2.75) is 39.4 Å². The molecule has 0 saturated carbocycles. The second-order valence-electron chi connectivity index (χ2n) is 6.10. The Bertz CT molecular complexity index is 659. The summed E-state index contributed by atoms with van der Waals surface area (Å²) in [6.07, 6.45) is -1.69. The first-order valence-electron chi connectivity index (χ1n) is 7.61. The van der Waals surface area contributed by atoms with Gasteiger partial charge in [0, 0.05) is 18.2 Å². The maximum absolute atomic E-state index is 12.8. The molecule has 0 amide bonds. The Morgan fingerprint density at radius 2 is 1.87 bits per heavy atom. The monoisotopic (exact) mass is 325 g/mol. The predicted octanol–water partition coefficient (Wildman–Crippen LogP) is 4.85. The maximum atomic E-state index is 12.8. The van der Waals surface area contributed by atoms with Crippen molar-refractivity contribution >= 4 is 5.57 Å². The predicted molar refractivity (Wildman–Crippen MR) is 86.2 cm³/mol. The van der Waals surface area contributed by atoms with Crippen molar-refractivity contribution in [2.24, 2.45) is 0 Å². The van der Waals surface area contributed by atoms with E-state index in [4.69, 9.17) is 0 Å². The summed E-state index contributed by atoms with van der Waals surface area (Å²) in [4.78, 5) is 2.23. The van der Waals surface area contributed by atoms with Crippen LogP contribution in [0.5, 0.6) is 5.75 Å². The number of likely N-dealkylation sites (N-methyl/N-ethyl adjacent to an activating group) is 1. The molecule has 0 bridgehead atoms. The molecule has 2 rings (SSSR count). The second kappa shape index (κ2) is 6.40. The average molecular weight is 325 g/mol. The Morgan fingerprint density at radius 3 is 2.43 bits per heavy atom. The SMILES string of the molecule is CC1=C(\C)C(C)N(C)CC\C=C\1c1ccc(C(F)(F)F)cc1O. The summed E-state index contributed by atoms with van der Waals surface area (Å²) >= 11 is 0. The van der Waals surface area contributed by atoms with Gasteiger partial charge in [-0.05, 0) is 57.5 Å². The van der Waals surface area contributed by atoms with Crippen molar-refractivity contribution in [1.29, 1.82) is 0 Å². The lowest BCUT2D eigenvalue weighted by Gasteiger charge is -2.29. The molecule has 0 fully saturated rings. The van der Waals surface area contributed by atoms with Crippen LogP contribution < -0.4 is 0 Å². The Kier molecular flexibility index (Phi) is 4.90. The molecule has 23 heavy (non-hydrogen) atoms. The van der Waals surface area contributed by atoms with Crippen molar-refractivity contribution in [2.75, 3.05) is 13.6 Å². The molecular formula is C18H22F3NO. The molecule has 5 heteroatoms. The first-order valence-corrected chi connectivity index (χ1v) is 7.61. The number of hydrogen-bond acceptors (Lipinski definition) is 2. The Morgan fingerprint density at radius 1 is 1.22 bits per heavy atom. The van der Waals surface area contributed by atoms with Gasteiger partial charge in [0.25, 0.3) is 0 Å². The lowest BCUT2D eigenvalue weighted by atomic mass is 9.89. The molecule has 1 aromatic rings. The van der Waals surface area contributed by atoms with Crippen LogP contribution in [0.2, 0.25) is 0 Å². The lowest BCUT2D eigenvalue weighted by molar-refractivity contribution is -0.137. The van der Waals surface area contributed by atoms with E-state index in [9.17, 15) is 18.3 Å². The van der Waals surface area contributed by atoms with E-state index >= 15 is 0 Å². The highest BCUT2D eigenvalue weighted by Gasteiger charge is 2.31. The fourth-order valence-electron chi connectivity index (χ4n) is 2.86. The van der Waals surface area contributed by atoms with Crippen molar-refractivity contribution in [3.8, 4) is 5.75 Å². The minimum absolute atomic E-state index is 0.246. The first-order chi connectivity index (χ1) is 10.6. The standard InChI is InChI=1S/C18H22F3NO/c1-11-12(2)15(6-5-9-22(4)13(11)3)16-8-7-14(10-17(16)23)18(19,20)21/h6-8,10,13,23H,5,9H2,1-4H3/b12-11-,15-6-. The summed E-state index contributed by atoms with van der Waals surface area (Å²) in [5.41, 5.74) is 2.58. The van der Waals surface area contributed by atoms with Crippen LogP contribution in [0.1, 0.15) is 38.3 Å². The van der Waals surface area contributed by atoms with Crippen molar-refractivity contribution < 1.29 is 18.3 Å². The number of hydrogen-bond donors (Lipinski definition) is 1. The molecule has 1 aliphatic heterocycles. The highest BCUT2D eigenvalue weighted by molar-refractivity contribution is 5.82. The van der Waals surface area contributed by atoms with Gasteiger partial charge >= 0.3 is 6.18 Å². The molecule has 0 aliphatic carbocycles. The van der Waals surface area contributed by atoms with Crippen LogP contribution in [0, 0.1) is 0 Å². The quantitative estimate of drug-likeness (QED) is 0.797. The van der Waals surface area contributed by atoms with Crippen LogP contribution in [-0.2, 0) is 6.18 Å². The summed E-state index contributed by atoms with van der Waals surface area (Å²) in [5, 5.41) is 10.1. The molecule has 0 aromatic heterocycles. The third-order valence-corrected chi connectivity index (χ3v) is 4.73. The van der Waals surface area contributed by atoms with Crippen LogP contribution >= 0.6 is 0 Å². The van der Waals surface area contributed by atoms with Gasteiger partial charge in [-0.3, -0.25) is 4.90 Å². The van der Waals surface area contributed by atoms with E-state index in [1.54, 1.807) is 0 Å². The first kappa shape index (κ1) is 17.6. The number of alkyl halides is 3. The summed E-state index contributed by atoms with van der Waals surface area (Å²) < 4.78 is 38.3. The molecule has 0 saturated heterocycles. The number of benzene rings is 1. The minimum atomic E-state index is -4.46. The summed E-state index contributed by atoms with van der Waals surface area (Å²) in [6.45, 7) is 6.94. The highest BCUT2D eigenvalue weighted by Crippen LogP contribution is 2.38. The van der Waals surface area contributed by atoms with E-state index in [1.807, 2.05) is 19.9 Å². The Hall–Kier alpha value is -1.75. The van der Waals surface area contributed by atoms with Crippen molar-refractivity contribution in [3.05, 3.63) is 46.5 Å². The van der Waals surface area contributed by atoms with Gasteiger partial charge < -0.3 is 5.11 Å². The van der Waals surface area contributed by atoms with Crippen LogP contribution in [0.25, 0.3) is 5.57 Å². The largest absolute Gasteiger partial charge is 0.507 e. The number of allylic oxidation sites excluding steroid dienone is 2.